The van der Waals surface area contributed by atoms with Gasteiger partial charge in [-0.1, -0.05) is 12.1 Å². The van der Waals surface area contributed by atoms with Crippen LogP contribution in [0.3, 0.4) is 0 Å². The maximum atomic E-state index is 13.6. The zero-order chi connectivity index (χ0) is 15.2. The number of hydrogen-bond donors (Lipinski definition) is 1. The first kappa shape index (κ1) is 15.1. The number of nitrogens with one attached hydrogen (secondary N) is 1. The van der Waals surface area contributed by atoms with E-state index in [0.29, 0.717) is 18.0 Å². The fourth-order valence-corrected chi connectivity index (χ4v) is 2.33. The van der Waals surface area contributed by atoms with Gasteiger partial charge < -0.3 is 14.5 Å². The van der Waals surface area contributed by atoms with E-state index in [4.69, 9.17) is 9.15 Å². The van der Waals surface area contributed by atoms with Crippen LogP contribution in [0.2, 0.25) is 0 Å². The third-order valence-electron chi connectivity index (χ3n) is 3.56. The van der Waals surface area contributed by atoms with Crippen molar-refractivity contribution in [2.24, 2.45) is 0 Å². The van der Waals surface area contributed by atoms with Crippen LogP contribution in [0.15, 0.2) is 28.7 Å². The highest BCUT2D eigenvalue weighted by Gasteiger charge is 2.12. The maximum Gasteiger partial charge on any atom is 0.250 e. The van der Waals surface area contributed by atoms with Crippen molar-refractivity contribution in [2.45, 2.75) is 6.54 Å². The highest BCUT2D eigenvalue weighted by Crippen LogP contribution is 2.20. The standard InChI is InChI=1S/C15H19FN4O2/c16-13-4-2-1-3-12(13)15-19-18-14(22-15)11-17-5-6-20-7-9-21-10-8-20/h1-4,17H,5-11H2. The molecular weight excluding hydrogens is 287 g/mol. The van der Waals surface area contributed by atoms with Gasteiger partial charge in [-0.2, -0.15) is 0 Å². The number of nitrogens with zero attached hydrogens (tertiary/aromatic N) is 3. The molecule has 0 saturated carbocycles. The lowest BCUT2D eigenvalue weighted by Gasteiger charge is -2.26. The molecule has 1 aromatic carbocycles. The van der Waals surface area contributed by atoms with Crippen molar-refractivity contribution in [2.75, 3.05) is 39.4 Å². The van der Waals surface area contributed by atoms with Crippen LogP contribution in [-0.2, 0) is 11.3 Å². The van der Waals surface area contributed by atoms with E-state index in [1.807, 2.05) is 0 Å². The summed E-state index contributed by atoms with van der Waals surface area (Å²) in [4.78, 5) is 2.34. The Morgan fingerprint density at radius 2 is 2.00 bits per heavy atom. The zero-order valence-corrected chi connectivity index (χ0v) is 12.3. The summed E-state index contributed by atoms with van der Waals surface area (Å²) in [6.45, 7) is 5.81. The Kier molecular flexibility index (Phi) is 5.10. The van der Waals surface area contributed by atoms with Crippen LogP contribution in [0.5, 0.6) is 0 Å². The number of rotatable bonds is 6. The van der Waals surface area contributed by atoms with E-state index < -0.39 is 0 Å². The second-order valence-corrected chi connectivity index (χ2v) is 5.11. The molecule has 1 fully saturated rings. The van der Waals surface area contributed by atoms with Crippen molar-refractivity contribution < 1.29 is 13.5 Å². The highest BCUT2D eigenvalue weighted by molar-refractivity contribution is 5.53. The molecule has 1 saturated heterocycles. The predicted octanol–water partition coefficient (Wildman–Crippen LogP) is 1.30. The second kappa shape index (κ2) is 7.44. The normalized spacial score (nSPS) is 16.0. The second-order valence-electron chi connectivity index (χ2n) is 5.11. The van der Waals surface area contributed by atoms with Gasteiger partial charge in [-0.05, 0) is 12.1 Å². The first-order chi connectivity index (χ1) is 10.8. The lowest BCUT2D eigenvalue weighted by molar-refractivity contribution is 0.0383. The summed E-state index contributed by atoms with van der Waals surface area (Å²) in [6.07, 6.45) is 0. The molecule has 0 atom stereocenters. The highest BCUT2D eigenvalue weighted by atomic mass is 19.1. The number of aromatic nitrogens is 2. The van der Waals surface area contributed by atoms with Gasteiger partial charge in [0.2, 0.25) is 5.89 Å². The average Bonchev–Trinajstić information content (AvgIpc) is 3.02. The first-order valence-electron chi connectivity index (χ1n) is 7.41. The minimum Gasteiger partial charge on any atom is -0.419 e. The SMILES string of the molecule is Fc1ccccc1-c1nnc(CNCCN2CCOCC2)o1. The summed E-state index contributed by atoms with van der Waals surface area (Å²) >= 11 is 0. The summed E-state index contributed by atoms with van der Waals surface area (Å²) in [5, 5.41) is 11.1. The number of hydrogen-bond acceptors (Lipinski definition) is 6. The van der Waals surface area contributed by atoms with E-state index >= 15 is 0 Å². The van der Waals surface area contributed by atoms with Crippen molar-refractivity contribution in [3.8, 4) is 11.5 Å². The molecule has 1 aliphatic rings. The van der Waals surface area contributed by atoms with E-state index in [9.17, 15) is 4.39 Å². The monoisotopic (exact) mass is 306 g/mol. The molecule has 22 heavy (non-hydrogen) atoms. The Labute approximate surface area is 128 Å². The topological polar surface area (TPSA) is 63.4 Å². The van der Waals surface area contributed by atoms with E-state index in [0.717, 1.165) is 39.4 Å². The van der Waals surface area contributed by atoms with Gasteiger partial charge in [0.1, 0.15) is 5.82 Å². The zero-order valence-electron chi connectivity index (χ0n) is 12.3. The summed E-state index contributed by atoms with van der Waals surface area (Å²) in [7, 11) is 0. The number of ether oxygens (including phenoxy) is 1. The fourth-order valence-electron chi connectivity index (χ4n) is 2.33. The van der Waals surface area contributed by atoms with E-state index in [1.165, 1.54) is 6.07 Å². The maximum absolute atomic E-state index is 13.6. The van der Waals surface area contributed by atoms with Gasteiger partial charge >= 0.3 is 0 Å². The molecule has 0 bridgehead atoms. The van der Waals surface area contributed by atoms with Crippen LogP contribution in [0, 0.1) is 5.82 Å². The molecule has 0 unspecified atom stereocenters. The van der Waals surface area contributed by atoms with Crippen LogP contribution in [0.1, 0.15) is 5.89 Å². The van der Waals surface area contributed by atoms with Gasteiger partial charge in [0, 0.05) is 26.2 Å². The van der Waals surface area contributed by atoms with Crippen LogP contribution in [0.4, 0.5) is 4.39 Å². The molecule has 2 aromatic rings. The Morgan fingerprint density at radius 3 is 2.82 bits per heavy atom. The van der Waals surface area contributed by atoms with Crippen LogP contribution < -0.4 is 5.32 Å². The minimum atomic E-state index is -0.363. The summed E-state index contributed by atoms with van der Waals surface area (Å²) in [5.74, 6) is 0.307. The van der Waals surface area contributed by atoms with Gasteiger partial charge in [-0.3, -0.25) is 4.90 Å². The van der Waals surface area contributed by atoms with Crippen molar-refractivity contribution in [3.63, 3.8) is 0 Å². The van der Waals surface area contributed by atoms with Crippen molar-refractivity contribution in [3.05, 3.63) is 36.0 Å². The third kappa shape index (κ3) is 3.88. The van der Waals surface area contributed by atoms with Crippen molar-refractivity contribution >= 4 is 0 Å². The van der Waals surface area contributed by atoms with Crippen LogP contribution in [-0.4, -0.2) is 54.5 Å². The van der Waals surface area contributed by atoms with Gasteiger partial charge in [-0.15, -0.1) is 10.2 Å². The molecule has 0 aliphatic carbocycles. The molecule has 0 spiro atoms. The number of morpholine rings is 1. The number of benzene rings is 1. The minimum absolute atomic E-state index is 0.211. The molecule has 2 heterocycles. The predicted molar refractivity (Wildman–Crippen MR) is 78.7 cm³/mol. The van der Waals surface area contributed by atoms with E-state index in [1.54, 1.807) is 18.2 Å². The Balaban J connectivity index is 1.47. The molecule has 1 N–H and O–H groups in total. The first-order valence-corrected chi connectivity index (χ1v) is 7.41. The average molecular weight is 306 g/mol. The van der Waals surface area contributed by atoms with Gasteiger partial charge in [0.15, 0.2) is 0 Å². The Hall–Kier alpha value is -1.83. The molecular formula is C15H19FN4O2. The largest absolute Gasteiger partial charge is 0.419 e. The summed E-state index contributed by atoms with van der Waals surface area (Å²) < 4.78 is 24.4. The molecule has 0 amide bonds. The van der Waals surface area contributed by atoms with Crippen LogP contribution >= 0.6 is 0 Å². The lowest BCUT2D eigenvalue weighted by Crippen LogP contribution is -2.40. The van der Waals surface area contributed by atoms with Gasteiger partial charge in [0.05, 0.1) is 25.3 Å². The Bertz CT molecular complexity index is 599. The van der Waals surface area contributed by atoms with Crippen molar-refractivity contribution in [1.82, 2.24) is 20.4 Å². The molecule has 0 radical (unpaired) electrons. The summed E-state index contributed by atoms with van der Waals surface area (Å²) in [5.41, 5.74) is 0.328. The molecule has 7 heteroatoms. The molecule has 118 valence electrons. The van der Waals surface area contributed by atoms with Gasteiger partial charge in [0.25, 0.3) is 5.89 Å². The van der Waals surface area contributed by atoms with E-state index in [-0.39, 0.29) is 11.7 Å². The van der Waals surface area contributed by atoms with Crippen molar-refractivity contribution in [1.29, 1.82) is 0 Å². The summed E-state index contributed by atoms with van der Waals surface area (Å²) in [6, 6.07) is 6.37. The fraction of sp³-hybridized carbons (Fsp3) is 0.467. The third-order valence-corrected chi connectivity index (χ3v) is 3.56. The Morgan fingerprint density at radius 1 is 1.18 bits per heavy atom. The van der Waals surface area contributed by atoms with E-state index in [2.05, 4.69) is 20.4 Å². The number of halogens is 1. The molecule has 1 aliphatic heterocycles. The smallest absolute Gasteiger partial charge is 0.250 e. The molecule has 3 rings (SSSR count). The lowest BCUT2D eigenvalue weighted by atomic mass is 10.2. The molecule has 1 aromatic heterocycles. The molecule has 6 nitrogen and oxygen atoms in total. The quantitative estimate of drug-likeness (QED) is 0.812. The van der Waals surface area contributed by atoms with Crippen LogP contribution in [0.25, 0.3) is 11.5 Å². The van der Waals surface area contributed by atoms with Gasteiger partial charge in [-0.25, -0.2) is 4.39 Å².